The lowest BCUT2D eigenvalue weighted by atomic mass is 9.89. The molecule has 0 amide bonds. The Hall–Kier alpha value is -0.900. The Balaban J connectivity index is 0.00000341. The van der Waals surface area contributed by atoms with Gasteiger partial charge in [-0.15, -0.1) is 24.0 Å². The lowest BCUT2D eigenvalue weighted by molar-refractivity contribution is -0.00256. The van der Waals surface area contributed by atoms with E-state index in [0.29, 0.717) is 12.1 Å². The number of piperidine rings is 1. The number of nitrogens with one attached hydrogen (secondary N) is 2. The van der Waals surface area contributed by atoms with E-state index in [4.69, 9.17) is 9.73 Å². The summed E-state index contributed by atoms with van der Waals surface area (Å²) in [6, 6.07) is 11.8. The van der Waals surface area contributed by atoms with Crippen LogP contribution in [-0.4, -0.2) is 80.3 Å². The molecule has 0 bridgehead atoms. The molecule has 7 heteroatoms. The van der Waals surface area contributed by atoms with Gasteiger partial charge in [-0.2, -0.15) is 0 Å². The summed E-state index contributed by atoms with van der Waals surface area (Å²) in [6.07, 6.45) is 4.37. The molecule has 0 saturated carbocycles. The molecule has 2 aliphatic heterocycles. The third-order valence-corrected chi connectivity index (χ3v) is 6.83. The Morgan fingerprint density at radius 3 is 2.55 bits per heavy atom. The highest BCUT2D eigenvalue weighted by Gasteiger charge is 2.35. The van der Waals surface area contributed by atoms with Gasteiger partial charge in [-0.25, -0.2) is 0 Å². The predicted molar refractivity (Wildman–Crippen MR) is 140 cm³/mol. The van der Waals surface area contributed by atoms with Crippen molar-refractivity contribution < 1.29 is 4.74 Å². The second-order valence-corrected chi connectivity index (χ2v) is 9.10. The van der Waals surface area contributed by atoms with Gasteiger partial charge in [0.25, 0.3) is 0 Å². The molecule has 0 aromatic heterocycles. The van der Waals surface area contributed by atoms with Gasteiger partial charge in [0.15, 0.2) is 5.96 Å². The fourth-order valence-electron chi connectivity index (χ4n) is 4.64. The zero-order chi connectivity index (χ0) is 21.4. The Labute approximate surface area is 206 Å². The van der Waals surface area contributed by atoms with Crippen molar-refractivity contribution in [3.8, 4) is 0 Å². The van der Waals surface area contributed by atoms with Crippen LogP contribution in [0.1, 0.15) is 45.1 Å². The van der Waals surface area contributed by atoms with Crippen LogP contribution in [0, 0.1) is 0 Å². The van der Waals surface area contributed by atoms with E-state index >= 15 is 0 Å². The molecule has 0 radical (unpaired) electrons. The smallest absolute Gasteiger partial charge is 0.191 e. The van der Waals surface area contributed by atoms with Crippen LogP contribution in [0.15, 0.2) is 35.3 Å². The van der Waals surface area contributed by atoms with Crippen LogP contribution >= 0.6 is 24.0 Å². The van der Waals surface area contributed by atoms with Crippen molar-refractivity contribution in [2.24, 2.45) is 4.99 Å². The maximum absolute atomic E-state index is 5.60. The Kier molecular flexibility index (Phi) is 11.0. The van der Waals surface area contributed by atoms with E-state index in [1.54, 1.807) is 0 Å². The molecule has 2 aliphatic rings. The van der Waals surface area contributed by atoms with Crippen LogP contribution in [0.4, 0.5) is 0 Å². The van der Waals surface area contributed by atoms with Crippen molar-refractivity contribution in [3.63, 3.8) is 0 Å². The van der Waals surface area contributed by atoms with E-state index in [-0.39, 0.29) is 29.5 Å². The fourth-order valence-corrected chi connectivity index (χ4v) is 4.64. The van der Waals surface area contributed by atoms with Gasteiger partial charge in [-0.05, 0) is 59.2 Å². The molecule has 3 rings (SSSR count). The van der Waals surface area contributed by atoms with Gasteiger partial charge in [0.05, 0.1) is 6.54 Å². The number of hydrogen-bond donors (Lipinski definition) is 2. The standard InChI is InChI=1S/C24H41N5O.HI/c1-5-25-23(26-19-24(28(3)4)12-15-30-16-13-24)27-22-11-14-29(20(2)17-22)18-21-9-7-6-8-10-21;/h6-10,20,22H,5,11-19H2,1-4H3,(H2,25,26,27);1H. The summed E-state index contributed by atoms with van der Waals surface area (Å²) >= 11 is 0. The first kappa shape index (κ1) is 26.4. The number of aliphatic imine (C=N–C) groups is 1. The molecule has 0 aliphatic carbocycles. The van der Waals surface area contributed by atoms with Crippen molar-refractivity contribution in [1.82, 2.24) is 20.4 Å². The van der Waals surface area contributed by atoms with Crippen LogP contribution in [0.5, 0.6) is 0 Å². The molecular weight excluding hydrogens is 501 g/mol. The van der Waals surface area contributed by atoms with Crippen molar-refractivity contribution in [3.05, 3.63) is 35.9 Å². The number of rotatable bonds is 7. The first-order valence-corrected chi connectivity index (χ1v) is 11.6. The van der Waals surface area contributed by atoms with E-state index < -0.39 is 0 Å². The molecular formula is C24H42IN5O. The van der Waals surface area contributed by atoms with E-state index in [1.807, 2.05) is 0 Å². The summed E-state index contributed by atoms with van der Waals surface area (Å²) in [7, 11) is 4.34. The minimum Gasteiger partial charge on any atom is -0.381 e. The quantitative estimate of drug-likeness (QED) is 0.314. The molecule has 31 heavy (non-hydrogen) atoms. The highest BCUT2D eigenvalue weighted by molar-refractivity contribution is 14.0. The predicted octanol–water partition coefficient (Wildman–Crippen LogP) is 3.32. The van der Waals surface area contributed by atoms with Crippen LogP contribution in [0.3, 0.4) is 0 Å². The number of halogens is 1. The number of likely N-dealkylation sites (tertiary alicyclic amines) is 1. The van der Waals surface area contributed by atoms with Crippen LogP contribution in [0.25, 0.3) is 0 Å². The normalized spacial score (nSPS) is 24.5. The molecule has 6 nitrogen and oxygen atoms in total. The van der Waals surface area contributed by atoms with Crippen molar-refractivity contribution in [1.29, 1.82) is 0 Å². The lowest BCUT2D eigenvalue weighted by Crippen LogP contribution is -2.53. The first-order chi connectivity index (χ1) is 14.5. The Morgan fingerprint density at radius 1 is 1.23 bits per heavy atom. The summed E-state index contributed by atoms with van der Waals surface area (Å²) in [5.74, 6) is 0.957. The van der Waals surface area contributed by atoms with Gasteiger partial charge in [0, 0.05) is 50.5 Å². The third kappa shape index (κ3) is 7.58. The van der Waals surface area contributed by atoms with E-state index in [1.165, 1.54) is 5.56 Å². The average molecular weight is 544 g/mol. The molecule has 2 N–H and O–H groups in total. The monoisotopic (exact) mass is 543 g/mol. The minimum absolute atomic E-state index is 0. The van der Waals surface area contributed by atoms with Gasteiger partial charge >= 0.3 is 0 Å². The fraction of sp³-hybridized carbons (Fsp3) is 0.708. The van der Waals surface area contributed by atoms with Crippen molar-refractivity contribution in [2.45, 2.75) is 63.7 Å². The van der Waals surface area contributed by atoms with E-state index in [9.17, 15) is 0 Å². The van der Waals surface area contributed by atoms with Crippen LogP contribution < -0.4 is 10.6 Å². The van der Waals surface area contributed by atoms with Gasteiger partial charge < -0.3 is 20.3 Å². The van der Waals surface area contributed by atoms with E-state index in [2.05, 4.69) is 78.7 Å². The SMILES string of the molecule is CCNC(=NCC1(N(C)C)CCOCC1)NC1CCN(Cc2ccccc2)C(C)C1.I. The summed E-state index contributed by atoms with van der Waals surface area (Å²) in [5.41, 5.74) is 1.50. The average Bonchev–Trinajstić information content (AvgIpc) is 2.75. The molecule has 0 spiro atoms. The molecule has 1 aromatic rings. The van der Waals surface area contributed by atoms with Gasteiger partial charge in [0.2, 0.25) is 0 Å². The summed E-state index contributed by atoms with van der Waals surface area (Å²) < 4.78 is 5.60. The van der Waals surface area contributed by atoms with Crippen LogP contribution in [0.2, 0.25) is 0 Å². The molecule has 2 fully saturated rings. The topological polar surface area (TPSA) is 52.1 Å². The number of hydrogen-bond acceptors (Lipinski definition) is 4. The summed E-state index contributed by atoms with van der Waals surface area (Å²) in [6.45, 7) is 9.99. The van der Waals surface area contributed by atoms with Crippen molar-refractivity contribution >= 4 is 29.9 Å². The van der Waals surface area contributed by atoms with Gasteiger partial charge in [-0.3, -0.25) is 9.89 Å². The Bertz CT molecular complexity index is 663. The lowest BCUT2D eigenvalue weighted by Gasteiger charge is -2.42. The highest BCUT2D eigenvalue weighted by Crippen LogP contribution is 2.26. The number of benzene rings is 1. The second-order valence-electron chi connectivity index (χ2n) is 9.10. The van der Waals surface area contributed by atoms with E-state index in [0.717, 1.165) is 71.0 Å². The molecule has 1 aromatic carbocycles. The molecule has 176 valence electrons. The molecule has 2 heterocycles. The number of likely N-dealkylation sites (N-methyl/N-ethyl adjacent to an activating group) is 1. The summed E-state index contributed by atoms with van der Waals surface area (Å²) in [5, 5.41) is 7.20. The van der Waals surface area contributed by atoms with Crippen molar-refractivity contribution in [2.75, 3.05) is 46.9 Å². The van der Waals surface area contributed by atoms with Gasteiger partial charge in [0.1, 0.15) is 0 Å². The van der Waals surface area contributed by atoms with Crippen LogP contribution in [-0.2, 0) is 11.3 Å². The Morgan fingerprint density at radius 2 is 1.94 bits per heavy atom. The second kappa shape index (κ2) is 13.0. The largest absolute Gasteiger partial charge is 0.381 e. The third-order valence-electron chi connectivity index (χ3n) is 6.83. The first-order valence-electron chi connectivity index (χ1n) is 11.6. The number of ether oxygens (including phenoxy) is 1. The number of guanidine groups is 1. The molecule has 2 saturated heterocycles. The zero-order valence-corrected chi connectivity index (χ0v) is 22.1. The highest BCUT2D eigenvalue weighted by atomic mass is 127. The zero-order valence-electron chi connectivity index (χ0n) is 19.8. The van der Waals surface area contributed by atoms with Gasteiger partial charge in [-0.1, -0.05) is 30.3 Å². The molecule has 2 atom stereocenters. The molecule has 2 unspecified atom stereocenters. The summed E-state index contributed by atoms with van der Waals surface area (Å²) in [4.78, 5) is 9.96. The maximum Gasteiger partial charge on any atom is 0.191 e. The minimum atomic E-state index is 0. The maximum atomic E-state index is 5.60. The number of nitrogens with zero attached hydrogens (tertiary/aromatic N) is 3.